The highest BCUT2D eigenvalue weighted by atomic mass is 16.5. The highest BCUT2D eigenvalue weighted by Crippen LogP contribution is 2.38. The number of methoxy groups -OCH3 is 4. The van der Waals surface area contributed by atoms with Gasteiger partial charge in [-0.1, -0.05) is 25.7 Å². The molecule has 33 heavy (non-hydrogen) atoms. The lowest BCUT2D eigenvalue weighted by molar-refractivity contribution is -0.119. The van der Waals surface area contributed by atoms with Crippen molar-refractivity contribution in [2.45, 2.75) is 76.2 Å². The maximum absolute atomic E-state index is 12.6. The van der Waals surface area contributed by atoms with Gasteiger partial charge in [-0.05, 0) is 43.9 Å². The van der Waals surface area contributed by atoms with Gasteiger partial charge in [-0.25, -0.2) is 9.69 Å². The minimum Gasteiger partial charge on any atom is -0.369 e. The molecule has 2 saturated carbocycles. The van der Waals surface area contributed by atoms with Crippen molar-refractivity contribution in [2.24, 2.45) is 11.8 Å². The minimum absolute atomic E-state index is 0.130. The summed E-state index contributed by atoms with van der Waals surface area (Å²) >= 11 is 0. The predicted molar refractivity (Wildman–Crippen MR) is 125 cm³/mol. The van der Waals surface area contributed by atoms with Crippen molar-refractivity contribution in [3.8, 4) is 0 Å². The van der Waals surface area contributed by atoms with Gasteiger partial charge in [0.1, 0.15) is 20.2 Å². The van der Waals surface area contributed by atoms with E-state index < -0.39 is 6.35 Å². The van der Waals surface area contributed by atoms with Crippen molar-refractivity contribution in [1.82, 2.24) is 20.4 Å². The molecule has 2 aliphatic rings. The number of aliphatic hydroxyl groups excluding tert-OH is 1. The van der Waals surface area contributed by atoms with Gasteiger partial charge in [-0.15, -0.1) is 0 Å². The number of rotatable bonds is 14. The molecule has 0 saturated heterocycles. The van der Waals surface area contributed by atoms with Gasteiger partial charge >= 0.3 is 6.03 Å². The number of carbonyl (C=O) groups is 1. The van der Waals surface area contributed by atoms with Gasteiger partial charge in [0.2, 0.25) is 0 Å². The Hall–Kier alpha value is -1.01. The molecule has 194 valence electrons. The molecule has 0 aromatic heterocycles. The van der Waals surface area contributed by atoms with Crippen LogP contribution in [0.5, 0.6) is 0 Å². The number of aliphatic hydroxyl groups is 1. The summed E-state index contributed by atoms with van der Waals surface area (Å²) in [5, 5.41) is 16.4. The first-order chi connectivity index (χ1) is 16.0. The van der Waals surface area contributed by atoms with Gasteiger partial charge in [0, 0.05) is 40.5 Å². The molecular weight excluding hydrogens is 428 g/mol. The average molecular weight is 475 g/mol. The molecule has 2 amide bonds. The van der Waals surface area contributed by atoms with Crippen LogP contribution in [-0.2, 0) is 18.9 Å². The third-order valence-corrected chi connectivity index (χ3v) is 6.99. The zero-order valence-electron chi connectivity index (χ0n) is 21.0. The first-order valence-electron chi connectivity index (χ1n) is 12.2. The van der Waals surface area contributed by atoms with E-state index in [0.717, 1.165) is 44.9 Å². The summed E-state index contributed by atoms with van der Waals surface area (Å²) in [6.45, 7) is 1.15. The molecule has 2 aliphatic carbocycles. The molecule has 0 aliphatic heterocycles. The fraction of sp³-hybridized carbons (Fsp3) is 0.957. The van der Waals surface area contributed by atoms with Gasteiger partial charge in [-0.2, -0.15) is 0 Å². The number of ether oxygens (including phenoxy) is 4. The molecule has 0 radical (unpaired) electrons. The van der Waals surface area contributed by atoms with Crippen molar-refractivity contribution in [3.05, 3.63) is 0 Å². The van der Waals surface area contributed by atoms with E-state index in [2.05, 4.69) is 10.6 Å². The van der Waals surface area contributed by atoms with Crippen LogP contribution in [0, 0.1) is 11.8 Å². The Labute approximate surface area is 199 Å². The predicted octanol–water partition coefficient (Wildman–Crippen LogP) is 2.09. The van der Waals surface area contributed by atoms with Crippen molar-refractivity contribution in [3.63, 3.8) is 0 Å². The molecule has 0 bridgehead atoms. The minimum atomic E-state index is -0.791. The summed E-state index contributed by atoms with van der Waals surface area (Å²) in [6, 6.07) is 0.326. The summed E-state index contributed by atoms with van der Waals surface area (Å²) in [4.78, 5) is 16.4. The molecule has 10 heteroatoms. The molecule has 0 aromatic carbocycles. The Morgan fingerprint density at radius 3 is 2.09 bits per heavy atom. The van der Waals surface area contributed by atoms with Crippen LogP contribution < -0.4 is 10.6 Å². The molecule has 10 nitrogen and oxygen atoms in total. The lowest BCUT2D eigenvalue weighted by Crippen LogP contribution is -2.53. The van der Waals surface area contributed by atoms with E-state index in [9.17, 15) is 9.90 Å². The standard InChI is InChI=1S/C23H46N4O6/c1-30-14-24-22(28)26(16-32-3)20-9-5-7-18(12-20)11-19-8-6-10-21(13-19)27(17-33-4)23(29)25-15-31-2/h18-22,24,28H,5-17H2,1-4H3,(H,25,29). The lowest BCUT2D eigenvalue weighted by atomic mass is 9.75. The number of nitrogens with zero attached hydrogens (tertiary/aromatic N) is 2. The first-order valence-corrected chi connectivity index (χ1v) is 12.2. The number of amides is 2. The molecular formula is C23H46N4O6. The zero-order chi connectivity index (χ0) is 24.1. The lowest BCUT2D eigenvalue weighted by Gasteiger charge is -2.42. The van der Waals surface area contributed by atoms with E-state index >= 15 is 0 Å². The fourth-order valence-electron chi connectivity index (χ4n) is 5.51. The van der Waals surface area contributed by atoms with Gasteiger partial charge in [0.05, 0.1) is 6.73 Å². The van der Waals surface area contributed by atoms with Crippen LogP contribution in [0.3, 0.4) is 0 Å². The van der Waals surface area contributed by atoms with Crippen molar-refractivity contribution in [1.29, 1.82) is 0 Å². The zero-order valence-corrected chi connectivity index (χ0v) is 21.0. The second-order valence-electron chi connectivity index (χ2n) is 9.35. The molecule has 0 heterocycles. The average Bonchev–Trinajstić information content (AvgIpc) is 2.83. The summed E-state index contributed by atoms with van der Waals surface area (Å²) in [5.41, 5.74) is 0. The van der Waals surface area contributed by atoms with E-state index in [-0.39, 0.29) is 38.3 Å². The van der Waals surface area contributed by atoms with Crippen LogP contribution in [-0.4, -0.2) is 94.7 Å². The third-order valence-electron chi connectivity index (χ3n) is 6.99. The van der Waals surface area contributed by atoms with Crippen LogP contribution in [0.1, 0.15) is 57.8 Å². The molecule has 0 spiro atoms. The Balaban J connectivity index is 1.93. The Morgan fingerprint density at radius 1 is 0.879 bits per heavy atom. The summed E-state index contributed by atoms with van der Waals surface area (Å²) in [6.07, 6.45) is 9.19. The van der Waals surface area contributed by atoms with E-state index in [0.29, 0.717) is 18.6 Å². The van der Waals surface area contributed by atoms with Gasteiger partial charge in [0.15, 0.2) is 6.35 Å². The third kappa shape index (κ3) is 9.28. The van der Waals surface area contributed by atoms with Gasteiger partial charge < -0.3 is 29.4 Å². The number of urea groups is 1. The number of hydrogen-bond acceptors (Lipinski definition) is 8. The van der Waals surface area contributed by atoms with Crippen molar-refractivity contribution in [2.75, 3.05) is 55.4 Å². The van der Waals surface area contributed by atoms with Crippen LogP contribution in [0.15, 0.2) is 0 Å². The molecule has 2 fully saturated rings. The molecule has 5 unspecified atom stereocenters. The highest BCUT2D eigenvalue weighted by Gasteiger charge is 2.34. The summed E-state index contributed by atoms with van der Waals surface area (Å²) in [5.74, 6) is 1.20. The monoisotopic (exact) mass is 474 g/mol. The summed E-state index contributed by atoms with van der Waals surface area (Å²) in [7, 11) is 6.45. The Kier molecular flexibility index (Phi) is 13.5. The number of hydrogen-bond donors (Lipinski definition) is 3. The molecule has 5 atom stereocenters. The maximum Gasteiger partial charge on any atom is 0.321 e. The van der Waals surface area contributed by atoms with Gasteiger partial charge in [-0.3, -0.25) is 10.2 Å². The maximum atomic E-state index is 12.6. The van der Waals surface area contributed by atoms with Crippen LogP contribution in [0.25, 0.3) is 0 Å². The van der Waals surface area contributed by atoms with Gasteiger partial charge in [0.25, 0.3) is 0 Å². The van der Waals surface area contributed by atoms with Crippen LogP contribution in [0.4, 0.5) is 4.79 Å². The Morgan fingerprint density at radius 2 is 1.48 bits per heavy atom. The largest absolute Gasteiger partial charge is 0.369 e. The smallest absolute Gasteiger partial charge is 0.321 e. The number of nitrogens with one attached hydrogen (secondary N) is 2. The second-order valence-corrected chi connectivity index (χ2v) is 9.35. The van der Waals surface area contributed by atoms with Crippen LogP contribution in [0.2, 0.25) is 0 Å². The number of carbonyl (C=O) groups excluding carboxylic acids is 1. The van der Waals surface area contributed by atoms with E-state index in [1.165, 1.54) is 12.8 Å². The topological polar surface area (TPSA) is 105 Å². The van der Waals surface area contributed by atoms with Crippen LogP contribution >= 0.6 is 0 Å². The SMILES string of the molecule is COCNC(=O)N(COC)C1CCCC(CC2CCCC(N(COC)C(O)NCOC)C2)C1. The molecule has 0 aromatic rings. The van der Waals surface area contributed by atoms with E-state index in [1.54, 1.807) is 28.4 Å². The first kappa shape index (κ1) is 28.2. The molecule has 2 rings (SSSR count). The van der Waals surface area contributed by atoms with E-state index in [4.69, 9.17) is 18.9 Å². The quantitative estimate of drug-likeness (QED) is 0.329. The normalized spacial score (nSPS) is 26.8. The second kappa shape index (κ2) is 15.8. The fourth-order valence-corrected chi connectivity index (χ4v) is 5.51. The van der Waals surface area contributed by atoms with Crippen molar-refractivity contribution < 1.29 is 28.8 Å². The van der Waals surface area contributed by atoms with Crippen molar-refractivity contribution >= 4 is 6.03 Å². The molecule has 3 N–H and O–H groups in total. The Bertz CT molecular complexity index is 543. The van der Waals surface area contributed by atoms with E-state index in [1.807, 2.05) is 9.80 Å². The highest BCUT2D eigenvalue weighted by molar-refractivity contribution is 5.74. The summed E-state index contributed by atoms with van der Waals surface area (Å²) < 4.78 is 20.7.